The quantitative estimate of drug-likeness (QED) is 0.799. The van der Waals surface area contributed by atoms with Crippen LogP contribution in [0.4, 0.5) is 4.39 Å². The summed E-state index contributed by atoms with van der Waals surface area (Å²) in [6.45, 7) is 1.69. The van der Waals surface area contributed by atoms with E-state index in [4.69, 9.17) is 0 Å². The molecule has 0 saturated heterocycles. The molecule has 0 atom stereocenters. The summed E-state index contributed by atoms with van der Waals surface area (Å²) in [6, 6.07) is 13.1. The summed E-state index contributed by atoms with van der Waals surface area (Å²) in [6.07, 6.45) is 1.64. The van der Waals surface area contributed by atoms with Gasteiger partial charge in [0.05, 0.1) is 10.4 Å². The molecule has 1 heterocycles. The van der Waals surface area contributed by atoms with Crippen molar-refractivity contribution >= 4 is 20.9 Å². The van der Waals surface area contributed by atoms with Gasteiger partial charge in [-0.1, -0.05) is 18.2 Å². The fraction of sp³-hybridized carbons (Fsp3) is 0.118. The Morgan fingerprint density at radius 1 is 1.13 bits per heavy atom. The number of nitrogens with zero attached hydrogens (tertiary/aromatic N) is 1. The van der Waals surface area contributed by atoms with Gasteiger partial charge in [0.15, 0.2) is 0 Å². The number of halogens is 1. The van der Waals surface area contributed by atoms with Crippen molar-refractivity contribution in [3.05, 3.63) is 71.7 Å². The Morgan fingerprint density at radius 2 is 1.91 bits per heavy atom. The number of benzene rings is 2. The minimum absolute atomic E-state index is 0.0765. The predicted octanol–water partition coefficient (Wildman–Crippen LogP) is 3.16. The van der Waals surface area contributed by atoms with E-state index in [-0.39, 0.29) is 11.4 Å². The molecule has 0 aliphatic rings. The minimum Gasteiger partial charge on any atom is -0.256 e. The zero-order chi connectivity index (χ0) is 16.4. The monoisotopic (exact) mass is 330 g/mol. The van der Waals surface area contributed by atoms with Gasteiger partial charge in [0.2, 0.25) is 10.0 Å². The number of rotatable bonds is 4. The van der Waals surface area contributed by atoms with Crippen LogP contribution in [-0.2, 0) is 16.6 Å². The Bertz CT molecular complexity index is 971. The van der Waals surface area contributed by atoms with E-state index >= 15 is 0 Å². The molecule has 4 nitrogen and oxygen atoms in total. The lowest BCUT2D eigenvalue weighted by Gasteiger charge is -2.09. The number of pyridine rings is 1. The number of nitrogens with one attached hydrogen (secondary N) is 1. The van der Waals surface area contributed by atoms with E-state index in [1.807, 2.05) is 30.3 Å². The Labute approximate surface area is 134 Å². The maximum absolute atomic E-state index is 13.1. The number of aromatic nitrogens is 1. The SMILES string of the molecule is Cc1cc(F)ccc1S(=O)(=O)NCc1cnc2ccccc2c1. The molecule has 1 aromatic heterocycles. The van der Waals surface area contributed by atoms with Gasteiger partial charge < -0.3 is 0 Å². The van der Waals surface area contributed by atoms with E-state index in [0.717, 1.165) is 22.5 Å². The Morgan fingerprint density at radius 3 is 2.70 bits per heavy atom. The Kier molecular flexibility index (Phi) is 4.11. The summed E-state index contributed by atoms with van der Waals surface area (Å²) >= 11 is 0. The standard InChI is InChI=1S/C17H15FN2O2S/c1-12-8-15(18)6-7-17(12)23(21,22)20-11-13-9-14-4-2-3-5-16(14)19-10-13/h2-10,20H,11H2,1H3. The van der Waals surface area contributed by atoms with E-state index in [9.17, 15) is 12.8 Å². The topological polar surface area (TPSA) is 59.1 Å². The van der Waals surface area contributed by atoms with E-state index in [1.165, 1.54) is 12.1 Å². The van der Waals surface area contributed by atoms with Crippen molar-refractivity contribution in [2.75, 3.05) is 0 Å². The molecular weight excluding hydrogens is 315 g/mol. The van der Waals surface area contributed by atoms with Crippen molar-refractivity contribution in [1.82, 2.24) is 9.71 Å². The van der Waals surface area contributed by atoms with Crippen LogP contribution in [0, 0.1) is 12.7 Å². The smallest absolute Gasteiger partial charge is 0.241 e. The Balaban J connectivity index is 1.83. The summed E-state index contributed by atoms with van der Waals surface area (Å²) in [5.74, 6) is -0.458. The van der Waals surface area contributed by atoms with Crippen LogP contribution < -0.4 is 4.72 Å². The van der Waals surface area contributed by atoms with Crippen molar-refractivity contribution in [3.8, 4) is 0 Å². The molecule has 3 aromatic rings. The normalized spacial score (nSPS) is 11.7. The van der Waals surface area contributed by atoms with E-state index in [0.29, 0.717) is 5.56 Å². The zero-order valence-electron chi connectivity index (χ0n) is 12.5. The lowest BCUT2D eigenvalue weighted by Crippen LogP contribution is -2.24. The van der Waals surface area contributed by atoms with Crippen LogP contribution in [0.25, 0.3) is 10.9 Å². The van der Waals surface area contributed by atoms with Crippen LogP contribution in [0.15, 0.2) is 59.6 Å². The van der Waals surface area contributed by atoms with Crippen LogP contribution >= 0.6 is 0 Å². The first kappa shape index (κ1) is 15.6. The molecule has 0 unspecified atom stereocenters. The van der Waals surface area contributed by atoms with E-state index in [1.54, 1.807) is 13.1 Å². The summed E-state index contributed by atoms with van der Waals surface area (Å²) in [5.41, 5.74) is 1.98. The molecule has 23 heavy (non-hydrogen) atoms. The molecule has 6 heteroatoms. The van der Waals surface area contributed by atoms with Gasteiger partial charge in [-0.05, 0) is 48.4 Å². The molecule has 3 rings (SSSR count). The predicted molar refractivity (Wildman–Crippen MR) is 86.9 cm³/mol. The molecule has 2 aromatic carbocycles. The summed E-state index contributed by atoms with van der Waals surface area (Å²) in [4.78, 5) is 4.38. The first-order chi connectivity index (χ1) is 11.0. The first-order valence-corrected chi connectivity index (χ1v) is 8.53. The molecule has 118 valence electrons. The van der Waals surface area contributed by atoms with Gasteiger partial charge >= 0.3 is 0 Å². The van der Waals surface area contributed by atoms with Crippen LogP contribution in [-0.4, -0.2) is 13.4 Å². The second kappa shape index (κ2) is 6.06. The van der Waals surface area contributed by atoms with Crippen molar-refractivity contribution in [3.63, 3.8) is 0 Å². The molecule has 0 aliphatic carbocycles. The van der Waals surface area contributed by atoms with Crippen molar-refractivity contribution in [2.45, 2.75) is 18.4 Å². The lowest BCUT2D eigenvalue weighted by atomic mass is 10.2. The molecule has 0 aliphatic heterocycles. The highest BCUT2D eigenvalue weighted by molar-refractivity contribution is 7.89. The third-order valence-electron chi connectivity index (χ3n) is 3.54. The average molecular weight is 330 g/mol. The number of aryl methyl sites for hydroxylation is 1. The molecule has 0 spiro atoms. The molecule has 0 radical (unpaired) electrons. The Hall–Kier alpha value is -2.31. The van der Waals surface area contributed by atoms with Gasteiger partial charge in [-0.25, -0.2) is 17.5 Å². The number of fused-ring (bicyclic) bond motifs is 1. The van der Waals surface area contributed by atoms with Crippen LogP contribution in [0.3, 0.4) is 0 Å². The second-order valence-electron chi connectivity index (χ2n) is 5.27. The maximum atomic E-state index is 13.1. The third kappa shape index (κ3) is 3.38. The fourth-order valence-electron chi connectivity index (χ4n) is 2.38. The van der Waals surface area contributed by atoms with Crippen LogP contribution in [0.1, 0.15) is 11.1 Å². The molecule has 0 amide bonds. The molecular formula is C17H15FN2O2S. The number of sulfonamides is 1. The molecule has 1 N–H and O–H groups in total. The third-order valence-corrected chi connectivity index (χ3v) is 5.10. The van der Waals surface area contributed by atoms with Crippen molar-refractivity contribution < 1.29 is 12.8 Å². The van der Waals surface area contributed by atoms with Crippen molar-refractivity contribution in [2.24, 2.45) is 0 Å². The number of hydrogen-bond donors (Lipinski definition) is 1. The highest BCUT2D eigenvalue weighted by Crippen LogP contribution is 2.17. The van der Waals surface area contributed by atoms with Crippen LogP contribution in [0.2, 0.25) is 0 Å². The summed E-state index contributed by atoms with van der Waals surface area (Å²) in [5, 5.41) is 0.946. The van der Waals surface area contributed by atoms with E-state index < -0.39 is 15.8 Å². The van der Waals surface area contributed by atoms with Gasteiger partial charge in [0.1, 0.15) is 5.82 Å². The van der Waals surface area contributed by atoms with Gasteiger partial charge in [-0.2, -0.15) is 0 Å². The van der Waals surface area contributed by atoms with Crippen LogP contribution in [0.5, 0.6) is 0 Å². The zero-order valence-corrected chi connectivity index (χ0v) is 13.3. The highest BCUT2D eigenvalue weighted by atomic mass is 32.2. The van der Waals surface area contributed by atoms with Gasteiger partial charge in [0, 0.05) is 18.1 Å². The molecule has 0 bridgehead atoms. The first-order valence-electron chi connectivity index (χ1n) is 7.05. The average Bonchev–Trinajstić information content (AvgIpc) is 2.52. The second-order valence-corrected chi connectivity index (χ2v) is 7.01. The number of hydrogen-bond acceptors (Lipinski definition) is 3. The highest BCUT2D eigenvalue weighted by Gasteiger charge is 2.16. The van der Waals surface area contributed by atoms with Crippen molar-refractivity contribution in [1.29, 1.82) is 0 Å². The van der Waals surface area contributed by atoms with Gasteiger partial charge in [0.25, 0.3) is 0 Å². The summed E-state index contributed by atoms with van der Waals surface area (Å²) < 4.78 is 40.3. The largest absolute Gasteiger partial charge is 0.256 e. The fourth-order valence-corrected chi connectivity index (χ4v) is 3.63. The van der Waals surface area contributed by atoms with E-state index in [2.05, 4.69) is 9.71 Å². The van der Waals surface area contributed by atoms with Gasteiger partial charge in [-0.15, -0.1) is 0 Å². The lowest BCUT2D eigenvalue weighted by molar-refractivity contribution is 0.579. The molecule has 0 fully saturated rings. The van der Waals surface area contributed by atoms with Gasteiger partial charge in [-0.3, -0.25) is 4.98 Å². The summed E-state index contributed by atoms with van der Waals surface area (Å²) in [7, 11) is -3.70. The molecule has 0 saturated carbocycles. The maximum Gasteiger partial charge on any atom is 0.241 e. The number of para-hydroxylation sites is 1. The minimum atomic E-state index is -3.70.